The molecular formula is C12H14BrNO6. The molecule has 0 unspecified atom stereocenters. The predicted octanol–water partition coefficient (Wildman–Crippen LogP) is 1.57. The standard InChI is InChI=1S/C12H14BrNO6/c1-2-19-9(15)4-3-8(12(17)18)14-11(16)7-5-6-20-10(7)13/h5-6,8H,2-4H2,1H3,(H,14,16)(H,17,18)/t8-/m0/s1. The van der Waals surface area contributed by atoms with Gasteiger partial charge in [0.2, 0.25) is 0 Å². The minimum absolute atomic E-state index is 0.0463. The van der Waals surface area contributed by atoms with Gasteiger partial charge in [-0.25, -0.2) is 4.79 Å². The van der Waals surface area contributed by atoms with Gasteiger partial charge in [0.25, 0.3) is 5.91 Å². The number of hydrogen-bond acceptors (Lipinski definition) is 5. The summed E-state index contributed by atoms with van der Waals surface area (Å²) in [5, 5.41) is 11.4. The van der Waals surface area contributed by atoms with E-state index in [9.17, 15) is 14.4 Å². The van der Waals surface area contributed by atoms with Gasteiger partial charge in [-0.05, 0) is 35.3 Å². The molecule has 7 nitrogen and oxygen atoms in total. The molecule has 1 heterocycles. The quantitative estimate of drug-likeness (QED) is 0.725. The first-order valence-corrected chi connectivity index (χ1v) is 6.67. The van der Waals surface area contributed by atoms with Crippen LogP contribution in [-0.4, -0.2) is 35.6 Å². The number of amides is 1. The molecule has 0 fully saturated rings. The fourth-order valence-electron chi connectivity index (χ4n) is 1.44. The maximum absolute atomic E-state index is 11.8. The van der Waals surface area contributed by atoms with Crippen molar-refractivity contribution in [3.63, 3.8) is 0 Å². The van der Waals surface area contributed by atoms with Gasteiger partial charge in [0, 0.05) is 6.42 Å². The normalized spacial score (nSPS) is 11.7. The van der Waals surface area contributed by atoms with Crippen molar-refractivity contribution in [1.82, 2.24) is 5.32 Å². The lowest BCUT2D eigenvalue weighted by molar-refractivity contribution is -0.144. The first-order chi connectivity index (χ1) is 9.45. The number of carbonyl (C=O) groups is 3. The third-order valence-electron chi connectivity index (χ3n) is 2.41. The van der Waals surface area contributed by atoms with Crippen LogP contribution in [-0.2, 0) is 14.3 Å². The molecule has 110 valence electrons. The summed E-state index contributed by atoms with van der Waals surface area (Å²) >= 11 is 3.03. The van der Waals surface area contributed by atoms with E-state index >= 15 is 0 Å². The number of carboxylic acids is 1. The van der Waals surface area contributed by atoms with Crippen LogP contribution in [0.4, 0.5) is 0 Å². The van der Waals surface area contributed by atoms with Crippen molar-refractivity contribution in [3.05, 3.63) is 22.6 Å². The number of furan rings is 1. The smallest absolute Gasteiger partial charge is 0.326 e. The SMILES string of the molecule is CCOC(=O)CC[C@H](NC(=O)c1ccoc1Br)C(=O)O. The lowest BCUT2D eigenvalue weighted by atomic mass is 10.1. The molecule has 0 saturated heterocycles. The summed E-state index contributed by atoms with van der Waals surface area (Å²) < 4.78 is 9.81. The summed E-state index contributed by atoms with van der Waals surface area (Å²) in [5.41, 5.74) is 0.187. The zero-order valence-electron chi connectivity index (χ0n) is 10.7. The lowest BCUT2D eigenvalue weighted by Crippen LogP contribution is -2.41. The Morgan fingerprint density at radius 2 is 2.20 bits per heavy atom. The van der Waals surface area contributed by atoms with E-state index in [0.29, 0.717) is 0 Å². The van der Waals surface area contributed by atoms with Crippen molar-refractivity contribution >= 4 is 33.8 Å². The average Bonchev–Trinajstić information content (AvgIpc) is 2.80. The Balaban J connectivity index is 2.59. The molecule has 0 bridgehead atoms. The van der Waals surface area contributed by atoms with Crippen molar-refractivity contribution in [3.8, 4) is 0 Å². The third kappa shape index (κ3) is 4.69. The number of rotatable bonds is 7. The molecule has 1 aromatic rings. The summed E-state index contributed by atoms with van der Waals surface area (Å²) in [6.45, 7) is 1.88. The average molecular weight is 348 g/mol. The second-order valence-electron chi connectivity index (χ2n) is 3.82. The number of halogens is 1. The molecule has 8 heteroatoms. The number of ether oxygens (including phenoxy) is 1. The Kier molecular flexibility index (Phi) is 6.23. The van der Waals surface area contributed by atoms with E-state index in [1.807, 2.05) is 0 Å². The number of esters is 1. The summed E-state index contributed by atoms with van der Waals surface area (Å²) in [6.07, 6.45) is 1.17. The largest absolute Gasteiger partial charge is 0.480 e. The molecule has 1 atom stereocenters. The van der Waals surface area contributed by atoms with Crippen LogP contribution < -0.4 is 5.32 Å². The highest BCUT2D eigenvalue weighted by Crippen LogP contribution is 2.17. The Bertz CT molecular complexity index is 498. The van der Waals surface area contributed by atoms with Gasteiger partial charge in [-0.3, -0.25) is 9.59 Å². The van der Waals surface area contributed by atoms with Crippen molar-refractivity contribution in [2.45, 2.75) is 25.8 Å². The van der Waals surface area contributed by atoms with Gasteiger partial charge in [-0.15, -0.1) is 0 Å². The van der Waals surface area contributed by atoms with Crippen molar-refractivity contribution < 1.29 is 28.6 Å². The third-order valence-corrected chi connectivity index (χ3v) is 3.02. The number of nitrogens with one attached hydrogen (secondary N) is 1. The van der Waals surface area contributed by atoms with Gasteiger partial charge in [0.1, 0.15) is 6.04 Å². The van der Waals surface area contributed by atoms with E-state index in [2.05, 4.69) is 21.2 Å². The van der Waals surface area contributed by atoms with Gasteiger partial charge < -0.3 is 19.6 Å². The summed E-state index contributed by atoms with van der Waals surface area (Å²) in [4.78, 5) is 34.1. The van der Waals surface area contributed by atoms with Gasteiger partial charge in [0.15, 0.2) is 4.67 Å². The monoisotopic (exact) mass is 347 g/mol. The van der Waals surface area contributed by atoms with Crippen LogP contribution in [0.3, 0.4) is 0 Å². The van der Waals surface area contributed by atoms with E-state index in [4.69, 9.17) is 14.3 Å². The molecule has 1 aromatic heterocycles. The van der Waals surface area contributed by atoms with Gasteiger partial charge in [-0.1, -0.05) is 0 Å². The second-order valence-corrected chi connectivity index (χ2v) is 4.54. The highest BCUT2D eigenvalue weighted by molar-refractivity contribution is 9.10. The van der Waals surface area contributed by atoms with Gasteiger partial charge >= 0.3 is 11.9 Å². The first-order valence-electron chi connectivity index (χ1n) is 5.88. The minimum atomic E-state index is -1.22. The first kappa shape index (κ1) is 16.2. The van der Waals surface area contributed by atoms with Crippen molar-refractivity contribution in [1.29, 1.82) is 0 Å². The lowest BCUT2D eigenvalue weighted by Gasteiger charge is -2.13. The van der Waals surface area contributed by atoms with Crippen LogP contribution >= 0.6 is 15.9 Å². The summed E-state index contributed by atoms with van der Waals surface area (Å²) in [7, 11) is 0. The molecule has 1 rings (SSSR count). The Morgan fingerprint density at radius 1 is 1.50 bits per heavy atom. The highest BCUT2D eigenvalue weighted by Gasteiger charge is 2.23. The van der Waals surface area contributed by atoms with Crippen molar-refractivity contribution in [2.75, 3.05) is 6.61 Å². The van der Waals surface area contributed by atoms with Crippen LogP contribution in [0.5, 0.6) is 0 Å². The molecule has 0 spiro atoms. The van der Waals surface area contributed by atoms with E-state index < -0.39 is 23.9 Å². The fraction of sp³-hybridized carbons (Fsp3) is 0.417. The topological polar surface area (TPSA) is 106 Å². The minimum Gasteiger partial charge on any atom is -0.480 e. The fourth-order valence-corrected chi connectivity index (χ4v) is 1.86. The molecule has 0 radical (unpaired) electrons. The maximum atomic E-state index is 11.8. The predicted molar refractivity (Wildman–Crippen MR) is 71.2 cm³/mol. The molecule has 0 aliphatic heterocycles. The van der Waals surface area contributed by atoms with E-state index in [1.165, 1.54) is 12.3 Å². The zero-order valence-corrected chi connectivity index (χ0v) is 12.3. The van der Waals surface area contributed by atoms with Crippen LogP contribution in [0.1, 0.15) is 30.1 Å². The van der Waals surface area contributed by atoms with Crippen LogP contribution in [0.25, 0.3) is 0 Å². The molecule has 0 aliphatic rings. The van der Waals surface area contributed by atoms with Gasteiger partial charge in [0.05, 0.1) is 18.4 Å². The number of aliphatic carboxylic acids is 1. The summed E-state index contributed by atoms with van der Waals surface area (Å²) in [6, 6.07) is 0.234. The van der Waals surface area contributed by atoms with Gasteiger partial charge in [-0.2, -0.15) is 0 Å². The van der Waals surface area contributed by atoms with Crippen LogP contribution in [0.2, 0.25) is 0 Å². The zero-order chi connectivity index (χ0) is 15.1. The number of carbonyl (C=O) groups excluding carboxylic acids is 2. The van der Waals surface area contributed by atoms with Crippen molar-refractivity contribution in [2.24, 2.45) is 0 Å². The van der Waals surface area contributed by atoms with E-state index in [1.54, 1.807) is 6.92 Å². The second kappa shape index (κ2) is 7.68. The highest BCUT2D eigenvalue weighted by atomic mass is 79.9. The van der Waals surface area contributed by atoms with E-state index in [0.717, 1.165) is 0 Å². The number of carboxylic acid groups (broad SMARTS) is 1. The van der Waals surface area contributed by atoms with E-state index in [-0.39, 0.29) is 29.7 Å². The maximum Gasteiger partial charge on any atom is 0.326 e. The Labute approximate surface area is 123 Å². The molecule has 0 aromatic carbocycles. The number of hydrogen-bond donors (Lipinski definition) is 2. The molecular weight excluding hydrogens is 334 g/mol. The Hall–Kier alpha value is -1.83. The molecule has 2 N–H and O–H groups in total. The summed E-state index contributed by atoms with van der Waals surface area (Å²) in [5.74, 6) is -2.32. The van der Waals surface area contributed by atoms with Crippen LogP contribution in [0.15, 0.2) is 21.4 Å². The molecule has 0 saturated carbocycles. The molecule has 1 amide bonds. The Morgan fingerprint density at radius 3 is 2.70 bits per heavy atom. The van der Waals surface area contributed by atoms with Crippen LogP contribution in [0, 0.1) is 0 Å². The molecule has 20 heavy (non-hydrogen) atoms. The molecule has 0 aliphatic carbocycles.